The van der Waals surface area contributed by atoms with E-state index in [4.69, 9.17) is 0 Å². The molecule has 1 heterocycles. The van der Waals surface area contributed by atoms with Crippen LogP contribution in [0.5, 0.6) is 0 Å². The zero-order valence-electron chi connectivity index (χ0n) is 12.4. The van der Waals surface area contributed by atoms with E-state index in [1.165, 1.54) is 0 Å². The first-order valence-electron chi connectivity index (χ1n) is 7.14. The third-order valence-electron chi connectivity index (χ3n) is 3.61. The Morgan fingerprint density at radius 1 is 1.00 bits per heavy atom. The van der Waals surface area contributed by atoms with Crippen molar-refractivity contribution in [3.05, 3.63) is 78.1 Å². The van der Waals surface area contributed by atoms with Crippen LogP contribution in [0.15, 0.2) is 66.9 Å². The monoisotopic (exact) mass is 291 g/mol. The van der Waals surface area contributed by atoms with Crippen molar-refractivity contribution in [3.63, 3.8) is 0 Å². The minimum atomic E-state index is -0.0826. The summed E-state index contributed by atoms with van der Waals surface area (Å²) in [7, 11) is 1.86. The molecular formula is C18H17N3O. The molecule has 0 spiro atoms. The Bertz CT molecular complexity index is 761. The maximum atomic E-state index is 12.2. The third kappa shape index (κ3) is 3.06. The molecule has 2 aromatic carbocycles. The highest BCUT2D eigenvalue weighted by Gasteiger charge is 2.07. The maximum Gasteiger partial charge on any atom is 0.251 e. The lowest BCUT2D eigenvalue weighted by atomic mass is 10.0. The van der Waals surface area contributed by atoms with Crippen LogP contribution in [0.4, 0.5) is 0 Å². The lowest BCUT2D eigenvalue weighted by Crippen LogP contribution is -2.23. The van der Waals surface area contributed by atoms with E-state index in [0.717, 1.165) is 16.8 Å². The van der Waals surface area contributed by atoms with Crippen LogP contribution >= 0.6 is 0 Å². The molecule has 3 aromatic rings. The van der Waals surface area contributed by atoms with Crippen molar-refractivity contribution in [2.75, 3.05) is 0 Å². The average Bonchev–Trinajstić information content (AvgIpc) is 2.99. The molecule has 0 aliphatic carbocycles. The Hall–Kier alpha value is -2.88. The van der Waals surface area contributed by atoms with Gasteiger partial charge in [0.15, 0.2) is 0 Å². The summed E-state index contributed by atoms with van der Waals surface area (Å²) < 4.78 is 1.75. The van der Waals surface area contributed by atoms with Crippen LogP contribution in [0.3, 0.4) is 0 Å². The fourth-order valence-corrected chi connectivity index (χ4v) is 2.29. The van der Waals surface area contributed by atoms with Crippen LogP contribution in [0.2, 0.25) is 0 Å². The van der Waals surface area contributed by atoms with Crippen molar-refractivity contribution in [2.24, 2.45) is 7.05 Å². The van der Waals surface area contributed by atoms with E-state index in [2.05, 4.69) is 22.5 Å². The summed E-state index contributed by atoms with van der Waals surface area (Å²) in [4.78, 5) is 12.2. The Balaban J connectivity index is 1.67. The molecule has 0 saturated carbocycles. The summed E-state index contributed by atoms with van der Waals surface area (Å²) >= 11 is 0. The summed E-state index contributed by atoms with van der Waals surface area (Å²) in [5.74, 6) is -0.0826. The number of aromatic nitrogens is 2. The maximum absolute atomic E-state index is 12.2. The van der Waals surface area contributed by atoms with Crippen LogP contribution < -0.4 is 5.32 Å². The molecule has 4 heteroatoms. The molecule has 1 N–H and O–H groups in total. The summed E-state index contributed by atoms with van der Waals surface area (Å²) in [6.45, 7) is 0.468. The molecule has 0 bridgehead atoms. The van der Waals surface area contributed by atoms with E-state index in [1.807, 2.05) is 55.6 Å². The van der Waals surface area contributed by atoms with Crippen molar-refractivity contribution < 1.29 is 4.79 Å². The van der Waals surface area contributed by atoms with Crippen LogP contribution in [0.25, 0.3) is 11.1 Å². The first-order chi connectivity index (χ1) is 10.7. The second-order valence-electron chi connectivity index (χ2n) is 5.07. The van der Waals surface area contributed by atoms with Gasteiger partial charge in [-0.05, 0) is 29.3 Å². The van der Waals surface area contributed by atoms with Crippen molar-refractivity contribution in [1.82, 2.24) is 15.1 Å². The van der Waals surface area contributed by atoms with Gasteiger partial charge in [0, 0.05) is 18.8 Å². The number of nitrogens with zero attached hydrogens (tertiary/aromatic N) is 2. The van der Waals surface area contributed by atoms with Crippen LogP contribution in [-0.2, 0) is 13.6 Å². The number of aryl methyl sites for hydroxylation is 1. The van der Waals surface area contributed by atoms with Gasteiger partial charge in [-0.3, -0.25) is 9.48 Å². The zero-order chi connectivity index (χ0) is 15.4. The number of carbonyl (C=O) groups is 1. The minimum absolute atomic E-state index is 0.0826. The molecule has 0 atom stereocenters. The zero-order valence-corrected chi connectivity index (χ0v) is 12.4. The molecule has 22 heavy (non-hydrogen) atoms. The molecular weight excluding hydrogens is 274 g/mol. The molecule has 110 valence electrons. The van der Waals surface area contributed by atoms with Gasteiger partial charge < -0.3 is 5.32 Å². The van der Waals surface area contributed by atoms with Gasteiger partial charge in [-0.15, -0.1) is 0 Å². The summed E-state index contributed by atoms with van der Waals surface area (Å²) in [6, 6.07) is 19.6. The normalized spacial score (nSPS) is 10.4. The Kier molecular flexibility index (Phi) is 4.01. The van der Waals surface area contributed by atoms with Gasteiger partial charge >= 0.3 is 0 Å². The molecule has 0 fully saturated rings. The van der Waals surface area contributed by atoms with Gasteiger partial charge in [-0.25, -0.2) is 0 Å². The van der Waals surface area contributed by atoms with Gasteiger partial charge in [0.2, 0.25) is 0 Å². The molecule has 1 amide bonds. The van der Waals surface area contributed by atoms with Crippen LogP contribution in [-0.4, -0.2) is 15.7 Å². The molecule has 0 aliphatic rings. The van der Waals surface area contributed by atoms with Gasteiger partial charge in [0.1, 0.15) is 0 Å². The van der Waals surface area contributed by atoms with Gasteiger partial charge in [-0.1, -0.05) is 42.5 Å². The highest BCUT2D eigenvalue weighted by atomic mass is 16.1. The van der Waals surface area contributed by atoms with Crippen molar-refractivity contribution in [2.45, 2.75) is 6.54 Å². The van der Waals surface area contributed by atoms with Crippen LogP contribution in [0, 0.1) is 0 Å². The van der Waals surface area contributed by atoms with Crippen molar-refractivity contribution >= 4 is 5.91 Å². The Labute approximate surface area is 129 Å². The summed E-state index contributed by atoms with van der Waals surface area (Å²) in [5.41, 5.74) is 3.87. The smallest absolute Gasteiger partial charge is 0.251 e. The number of rotatable bonds is 4. The summed E-state index contributed by atoms with van der Waals surface area (Å²) in [6.07, 6.45) is 1.72. The Morgan fingerprint density at radius 3 is 2.32 bits per heavy atom. The molecule has 4 nitrogen and oxygen atoms in total. The van der Waals surface area contributed by atoms with Crippen LogP contribution in [0.1, 0.15) is 16.1 Å². The number of nitrogens with one attached hydrogen (secondary N) is 1. The average molecular weight is 291 g/mol. The molecule has 0 radical (unpaired) electrons. The Morgan fingerprint density at radius 2 is 1.68 bits per heavy atom. The van der Waals surface area contributed by atoms with Gasteiger partial charge in [0.05, 0.1) is 12.2 Å². The predicted octanol–water partition coefficient (Wildman–Crippen LogP) is 3.02. The second-order valence-corrected chi connectivity index (χ2v) is 5.07. The van der Waals surface area contributed by atoms with E-state index in [9.17, 15) is 4.79 Å². The second kappa shape index (κ2) is 6.26. The molecule has 0 aliphatic heterocycles. The van der Waals surface area contributed by atoms with E-state index in [1.54, 1.807) is 10.9 Å². The quantitative estimate of drug-likeness (QED) is 0.803. The van der Waals surface area contributed by atoms with Gasteiger partial charge in [-0.2, -0.15) is 5.10 Å². The largest absolute Gasteiger partial charge is 0.346 e. The lowest BCUT2D eigenvalue weighted by Gasteiger charge is -2.07. The van der Waals surface area contributed by atoms with Gasteiger partial charge in [0.25, 0.3) is 5.91 Å². The van der Waals surface area contributed by atoms with E-state index < -0.39 is 0 Å². The topological polar surface area (TPSA) is 46.9 Å². The fourth-order valence-electron chi connectivity index (χ4n) is 2.29. The number of carbonyl (C=O) groups excluding carboxylic acids is 1. The standard InChI is InChI=1S/C18H17N3O/c1-21-17(11-12-20-21)13-19-18(22)16-9-7-15(8-10-16)14-5-3-2-4-6-14/h2-12H,13H2,1H3,(H,19,22). The number of hydrogen-bond donors (Lipinski definition) is 1. The van der Waals surface area contributed by atoms with Crippen molar-refractivity contribution in [1.29, 1.82) is 0 Å². The number of benzene rings is 2. The first kappa shape index (κ1) is 14.1. The molecule has 1 aromatic heterocycles. The van der Waals surface area contributed by atoms with E-state index >= 15 is 0 Å². The van der Waals surface area contributed by atoms with E-state index in [-0.39, 0.29) is 5.91 Å². The van der Waals surface area contributed by atoms with Crippen molar-refractivity contribution in [3.8, 4) is 11.1 Å². The first-order valence-corrected chi connectivity index (χ1v) is 7.14. The molecule has 0 saturated heterocycles. The summed E-state index contributed by atoms with van der Waals surface area (Å²) in [5, 5.41) is 6.98. The predicted molar refractivity (Wildman–Crippen MR) is 86.3 cm³/mol. The number of hydrogen-bond acceptors (Lipinski definition) is 2. The SMILES string of the molecule is Cn1nccc1CNC(=O)c1ccc(-c2ccccc2)cc1. The highest BCUT2D eigenvalue weighted by Crippen LogP contribution is 2.19. The third-order valence-corrected chi connectivity index (χ3v) is 3.61. The van der Waals surface area contributed by atoms with E-state index in [0.29, 0.717) is 12.1 Å². The molecule has 3 rings (SSSR count). The lowest BCUT2D eigenvalue weighted by molar-refractivity contribution is 0.0950. The number of amides is 1. The molecule has 0 unspecified atom stereocenters. The minimum Gasteiger partial charge on any atom is -0.346 e. The fraction of sp³-hybridized carbons (Fsp3) is 0.111. The highest BCUT2D eigenvalue weighted by molar-refractivity contribution is 5.94.